The number of carbonyl (C=O) groups is 1. The second kappa shape index (κ2) is 6.78. The van der Waals surface area contributed by atoms with E-state index in [-0.39, 0.29) is 18.2 Å². The van der Waals surface area contributed by atoms with Crippen molar-refractivity contribution in [2.45, 2.75) is 13.5 Å². The Labute approximate surface area is 133 Å². The van der Waals surface area contributed by atoms with Gasteiger partial charge in [0.1, 0.15) is 18.1 Å². The van der Waals surface area contributed by atoms with Crippen LogP contribution in [0.1, 0.15) is 11.3 Å². The zero-order chi connectivity index (χ0) is 17.0. The third kappa shape index (κ3) is 4.78. The zero-order valence-corrected chi connectivity index (χ0v) is 13.4. The largest absolute Gasteiger partial charge is 0.360 e. The number of rotatable bonds is 6. The van der Waals surface area contributed by atoms with Crippen LogP contribution in [-0.2, 0) is 21.4 Å². The Morgan fingerprint density at radius 1 is 1.35 bits per heavy atom. The summed E-state index contributed by atoms with van der Waals surface area (Å²) in [6.45, 7) is 1.35. The van der Waals surface area contributed by atoms with E-state index in [0.717, 1.165) is 10.6 Å². The van der Waals surface area contributed by atoms with Gasteiger partial charge in [-0.1, -0.05) is 17.3 Å². The number of nitrogens with zero attached hydrogens (tertiary/aromatic N) is 2. The van der Waals surface area contributed by atoms with Gasteiger partial charge in [-0.05, 0) is 24.6 Å². The Morgan fingerprint density at radius 3 is 2.52 bits per heavy atom. The second-order valence-corrected chi connectivity index (χ2v) is 6.88. The van der Waals surface area contributed by atoms with Gasteiger partial charge >= 0.3 is 0 Å². The molecule has 0 radical (unpaired) electrons. The molecule has 7 nitrogen and oxygen atoms in total. The van der Waals surface area contributed by atoms with Crippen molar-refractivity contribution < 1.29 is 22.1 Å². The van der Waals surface area contributed by atoms with Crippen LogP contribution in [-0.4, -0.2) is 32.3 Å². The van der Waals surface area contributed by atoms with E-state index in [1.165, 1.54) is 30.3 Å². The number of aryl methyl sites for hydroxylation is 1. The number of benzene rings is 1. The normalized spacial score (nSPS) is 11.3. The van der Waals surface area contributed by atoms with Gasteiger partial charge in [-0.15, -0.1) is 0 Å². The maximum absolute atomic E-state index is 12.8. The Hall–Kier alpha value is -2.42. The molecule has 1 heterocycles. The van der Waals surface area contributed by atoms with E-state index in [2.05, 4.69) is 10.5 Å². The SMILES string of the molecule is Cc1cc(N(CC(=O)NCc2ccc(F)cc2)S(C)(=O)=O)no1. The van der Waals surface area contributed by atoms with Crippen LogP contribution in [0.3, 0.4) is 0 Å². The molecular weight excluding hydrogens is 325 g/mol. The first kappa shape index (κ1) is 16.9. The number of hydrogen-bond donors (Lipinski definition) is 1. The lowest BCUT2D eigenvalue weighted by atomic mass is 10.2. The van der Waals surface area contributed by atoms with Crippen LogP contribution in [0.5, 0.6) is 0 Å². The van der Waals surface area contributed by atoms with Crippen molar-refractivity contribution in [1.82, 2.24) is 10.5 Å². The predicted molar refractivity (Wildman–Crippen MR) is 81.7 cm³/mol. The minimum absolute atomic E-state index is 0.0435. The molecule has 9 heteroatoms. The summed E-state index contributed by atoms with van der Waals surface area (Å²) >= 11 is 0. The van der Waals surface area contributed by atoms with Crippen molar-refractivity contribution in [2.24, 2.45) is 0 Å². The number of anilines is 1. The van der Waals surface area contributed by atoms with Crippen molar-refractivity contribution in [1.29, 1.82) is 0 Å². The number of carbonyl (C=O) groups excluding carboxylic acids is 1. The molecule has 0 spiro atoms. The molecular formula is C14H16FN3O4S. The van der Waals surface area contributed by atoms with Crippen molar-refractivity contribution in [2.75, 3.05) is 17.1 Å². The molecule has 0 saturated carbocycles. The Balaban J connectivity index is 2.02. The Kier molecular flexibility index (Phi) is 4.99. The third-order valence-electron chi connectivity index (χ3n) is 2.96. The predicted octanol–water partition coefficient (Wildman–Crippen LogP) is 1.20. The van der Waals surface area contributed by atoms with Gasteiger partial charge in [-0.2, -0.15) is 0 Å². The summed E-state index contributed by atoms with van der Waals surface area (Å²) in [6.07, 6.45) is 0.976. The highest BCUT2D eigenvalue weighted by Crippen LogP contribution is 2.16. The molecule has 1 aromatic carbocycles. The monoisotopic (exact) mass is 341 g/mol. The molecule has 124 valence electrons. The fourth-order valence-corrected chi connectivity index (χ4v) is 2.61. The number of aromatic nitrogens is 1. The summed E-state index contributed by atoms with van der Waals surface area (Å²) in [7, 11) is -3.69. The second-order valence-electron chi connectivity index (χ2n) is 4.97. The molecule has 0 aliphatic heterocycles. The smallest absolute Gasteiger partial charge is 0.241 e. The standard InChI is InChI=1S/C14H16FN3O4S/c1-10-7-13(17-22-10)18(23(2,20)21)9-14(19)16-8-11-3-5-12(15)6-4-11/h3-7H,8-9H2,1-2H3,(H,16,19). The number of halogens is 1. The van der Waals surface area contributed by atoms with Crippen LogP contribution in [0, 0.1) is 12.7 Å². The molecule has 1 amide bonds. The molecule has 0 aliphatic carbocycles. The number of nitrogens with one attached hydrogen (secondary N) is 1. The van der Waals surface area contributed by atoms with E-state index in [0.29, 0.717) is 11.3 Å². The van der Waals surface area contributed by atoms with Crippen molar-refractivity contribution in [3.8, 4) is 0 Å². The number of amides is 1. The lowest BCUT2D eigenvalue weighted by molar-refractivity contribution is -0.119. The van der Waals surface area contributed by atoms with E-state index in [1.807, 2.05) is 0 Å². The fraction of sp³-hybridized carbons (Fsp3) is 0.286. The summed E-state index contributed by atoms with van der Waals surface area (Å²) in [5.74, 6) is -0.410. The van der Waals surface area contributed by atoms with E-state index < -0.39 is 22.5 Å². The third-order valence-corrected chi connectivity index (χ3v) is 4.08. The Bertz CT molecular complexity index is 787. The van der Waals surface area contributed by atoms with Gasteiger partial charge in [0.25, 0.3) is 0 Å². The summed E-state index contributed by atoms with van der Waals surface area (Å²) < 4.78 is 42.1. The van der Waals surface area contributed by atoms with Gasteiger partial charge < -0.3 is 9.84 Å². The highest BCUT2D eigenvalue weighted by molar-refractivity contribution is 7.92. The molecule has 0 fully saturated rings. The number of sulfonamides is 1. The van der Waals surface area contributed by atoms with Gasteiger partial charge in [0, 0.05) is 12.6 Å². The lowest BCUT2D eigenvalue weighted by Gasteiger charge is -2.18. The first-order valence-electron chi connectivity index (χ1n) is 6.68. The van der Waals surface area contributed by atoms with Gasteiger partial charge in [-0.25, -0.2) is 17.1 Å². The summed E-state index contributed by atoms with van der Waals surface area (Å²) in [6, 6.07) is 7.05. The fourth-order valence-electron chi connectivity index (χ4n) is 1.83. The highest BCUT2D eigenvalue weighted by atomic mass is 32.2. The molecule has 1 aromatic heterocycles. The van der Waals surface area contributed by atoms with Crippen molar-refractivity contribution >= 4 is 21.7 Å². The maximum atomic E-state index is 12.8. The molecule has 23 heavy (non-hydrogen) atoms. The minimum Gasteiger partial charge on any atom is -0.360 e. The Morgan fingerprint density at radius 2 is 2.00 bits per heavy atom. The lowest BCUT2D eigenvalue weighted by Crippen LogP contribution is -2.40. The first-order valence-corrected chi connectivity index (χ1v) is 8.53. The highest BCUT2D eigenvalue weighted by Gasteiger charge is 2.23. The summed E-state index contributed by atoms with van der Waals surface area (Å²) in [5.41, 5.74) is 0.697. The van der Waals surface area contributed by atoms with Crippen LogP contribution >= 0.6 is 0 Å². The van der Waals surface area contributed by atoms with Crippen LogP contribution in [0.4, 0.5) is 10.2 Å². The molecule has 0 aliphatic rings. The van der Waals surface area contributed by atoms with Crippen molar-refractivity contribution in [3.63, 3.8) is 0 Å². The van der Waals surface area contributed by atoms with E-state index in [4.69, 9.17) is 4.52 Å². The molecule has 0 atom stereocenters. The average Bonchev–Trinajstić information content (AvgIpc) is 2.89. The maximum Gasteiger partial charge on any atom is 0.241 e. The summed E-state index contributed by atoms with van der Waals surface area (Å²) in [5, 5.41) is 6.19. The van der Waals surface area contributed by atoms with Crippen LogP contribution in [0.2, 0.25) is 0 Å². The van der Waals surface area contributed by atoms with Gasteiger partial charge in [-0.3, -0.25) is 4.79 Å². The van der Waals surface area contributed by atoms with E-state index in [1.54, 1.807) is 6.92 Å². The molecule has 0 bridgehead atoms. The molecule has 1 N–H and O–H groups in total. The molecule has 2 rings (SSSR count). The zero-order valence-electron chi connectivity index (χ0n) is 12.6. The first-order chi connectivity index (χ1) is 10.8. The molecule has 2 aromatic rings. The van der Waals surface area contributed by atoms with Gasteiger partial charge in [0.05, 0.1) is 6.26 Å². The average molecular weight is 341 g/mol. The van der Waals surface area contributed by atoms with Crippen LogP contribution in [0.25, 0.3) is 0 Å². The molecule has 0 unspecified atom stereocenters. The quantitative estimate of drug-likeness (QED) is 0.852. The van der Waals surface area contributed by atoms with Crippen LogP contribution < -0.4 is 9.62 Å². The van der Waals surface area contributed by atoms with Crippen LogP contribution in [0.15, 0.2) is 34.9 Å². The van der Waals surface area contributed by atoms with E-state index >= 15 is 0 Å². The number of hydrogen-bond acceptors (Lipinski definition) is 5. The van der Waals surface area contributed by atoms with E-state index in [9.17, 15) is 17.6 Å². The molecule has 0 saturated heterocycles. The van der Waals surface area contributed by atoms with Gasteiger partial charge in [0.15, 0.2) is 5.82 Å². The topological polar surface area (TPSA) is 92.5 Å². The minimum atomic E-state index is -3.69. The van der Waals surface area contributed by atoms with Crippen molar-refractivity contribution in [3.05, 3.63) is 47.5 Å². The summed E-state index contributed by atoms with van der Waals surface area (Å²) in [4.78, 5) is 12.0. The van der Waals surface area contributed by atoms with Gasteiger partial charge in [0.2, 0.25) is 15.9 Å².